The second-order valence-electron chi connectivity index (χ2n) is 2.38. The molecule has 2 N–H and O–H groups in total. The largest absolute Gasteiger partial charge is 0.468 e. The molecular weight excluding hydrogens is 179 g/mol. The third-order valence-corrected chi connectivity index (χ3v) is 1.36. The number of nitrogens with two attached hydrogens (primary N) is 1. The molecule has 0 heterocycles. The zero-order valence-corrected chi connectivity index (χ0v) is 7.18. The van der Waals surface area contributed by atoms with E-state index in [4.69, 9.17) is 11.3 Å². The second-order valence-corrected chi connectivity index (χ2v) is 2.38. The summed E-state index contributed by atoms with van der Waals surface area (Å²) in [5.41, 5.74) is 13.1. The number of halogens is 1. The summed E-state index contributed by atoms with van der Waals surface area (Å²) in [6.07, 6.45) is -1.61. The molecule has 0 spiro atoms. The molecule has 0 amide bonds. The number of ether oxygens (including phenoxy) is 1. The minimum absolute atomic E-state index is 0.203. The Morgan fingerprint density at radius 2 is 2.46 bits per heavy atom. The molecule has 0 unspecified atom stereocenters. The van der Waals surface area contributed by atoms with Gasteiger partial charge in [-0.15, -0.1) is 0 Å². The summed E-state index contributed by atoms with van der Waals surface area (Å²) < 4.78 is 17.1. The molecule has 0 fully saturated rings. The summed E-state index contributed by atoms with van der Waals surface area (Å²) >= 11 is 0. The smallest absolute Gasteiger partial charge is 0.322 e. The van der Waals surface area contributed by atoms with Gasteiger partial charge in [-0.05, 0) is 5.53 Å². The molecule has 0 aliphatic heterocycles. The maximum atomic E-state index is 12.8. The average molecular weight is 190 g/mol. The van der Waals surface area contributed by atoms with Crippen LogP contribution in [-0.2, 0) is 9.53 Å². The molecular formula is C6H11FN4O2. The summed E-state index contributed by atoms with van der Waals surface area (Å²) in [7, 11) is 1.17. The molecule has 0 aliphatic carbocycles. The van der Waals surface area contributed by atoms with Gasteiger partial charge in [-0.1, -0.05) is 5.11 Å². The van der Waals surface area contributed by atoms with E-state index in [9.17, 15) is 9.18 Å². The number of alkyl halides is 1. The van der Waals surface area contributed by atoms with E-state index in [1.54, 1.807) is 0 Å². The molecule has 0 rings (SSSR count). The lowest BCUT2D eigenvalue weighted by Gasteiger charge is -2.10. The number of rotatable bonds is 5. The lowest BCUT2D eigenvalue weighted by atomic mass is 10.1. The van der Waals surface area contributed by atoms with Gasteiger partial charge in [0, 0.05) is 11.3 Å². The van der Waals surface area contributed by atoms with E-state index in [-0.39, 0.29) is 13.0 Å². The van der Waals surface area contributed by atoms with Crippen LogP contribution in [0.2, 0.25) is 0 Å². The van der Waals surface area contributed by atoms with Gasteiger partial charge in [-0.2, -0.15) is 0 Å². The second kappa shape index (κ2) is 6.22. The fourth-order valence-electron chi connectivity index (χ4n) is 0.723. The van der Waals surface area contributed by atoms with Gasteiger partial charge in [0.05, 0.1) is 13.7 Å². The number of methoxy groups -OCH3 is 1. The topological polar surface area (TPSA) is 101 Å². The van der Waals surface area contributed by atoms with Crippen molar-refractivity contribution in [3.8, 4) is 0 Å². The molecule has 7 heteroatoms. The quantitative estimate of drug-likeness (QED) is 0.296. The van der Waals surface area contributed by atoms with Crippen molar-refractivity contribution in [2.45, 2.75) is 18.6 Å². The van der Waals surface area contributed by atoms with Crippen LogP contribution in [0.25, 0.3) is 10.4 Å². The summed E-state index contributed by atoms with van der Waals surface area (Å²) in [6.45, 7) is -0.318. The fraction of sp³-hybridized carbons (Fsp3) is 0.833. The molecule has 2 atom stereocenters. The van der Waals surface area contributed by atoms with Crippen molar-refractivity contribution in [2.75, 3.05) is 13.7 Å². The Bertz CT molecular complexity index is 217. The summed E-state index contributed by atoms with van der Waals surface area (Å²) in [6, 6.07) is -1.01. The normalized spacial score (nSPS) is 14.1. The number of esters is 1. The zero-order chi connectivity index (χ0) is 10.3. The van der Waals surface area contributed by atoms with Crippen LogP contribution < -0.4 is 5.73 Å². The first-order valence-electron chi connectivity index (χ1n) is 3.60. The number of hydrogen-bond acceptors (Lipinski definition) is 4. The predicted molar refractivity (Wildman–Crippen MR) is 43.5 cm³/mol. The minimum atomic E-state index is -1.41. The van der Waals surface area contributed by atoms with E-state index in [2.05, 4.69) is 14.8 Å². The molecule has 0 aliphatic rings. The summed E-state index contributed by atoms with van der Waals surface area (Å²) in [4.78, 5) is 13.1. The summed E-state index contributed by atoms with van der Waals surface area (Å²) in [5.74, 6) is -0.677. The van der Waals surface area contributed by atoms with E-state index < -0.39 is 18.2 Å². The van der Waals surface area contributed by atoms with E-state index >= 15 is 0 Å². The van der Waals surface area contributed by atoms with Crippen LogP contribution in [-0.4, -0.2) is 31.8 Å². The van der Waals surface area contributed by atoms with E-state index in [1.807, 2.05) is 0 Å². The fourth-order valence-corrected chi connectivity index (χ4v) is 0.723. The zero-order valence-electron chi connectivity index (χ0n) is 7.18. The van der Waals surface area contributed by atoms with Crippen LogP contribution in [0.3, 0.4) is 0 Å². The van der Waals surface area contributed by atoms with Crippen molar-refractivity contribution in [3.63, 3.8) is 0 Å². The van der Waals surface area contributed by atoms with Crippen LogP contribution in [0.4, 0.5) is 4.39 Å². The monoisotopic (exact) mass is 190 g/mol. The Morgan fingerprint density at radius 1 is 1.85 bits per heavy atom. The molecule has 6 nitrogen and oxygen atoms in total. The molecule has 0 aromatic carbocycles. The first-order chi connectivity index (χ1) is 6.11. The molecule has 0 aromatic heterocycles. The third-order valence-electron chi connectivity index (χ3n) is 1.36. The van der Waals surface area contributed by atoms with Gasteiger partial charge in [0.1, 0.15) is 12.2 Å². The Kier molecular flexibility index (Phi) is 5.58. The van der Waals surface area contributed by atoms with Crippen molar-refractivity contribution < 1.29 is 13.9 Å². The Labute approximate surface area is 74.5 Å². The highest BCUT2D eigenvalue weighted by Gasteiger charge is 2.18. The van der Waals surface area contributed by atoms with E-state index in [0.29, 0.717) is 0 Å². The van der Waals surface area contributed by atoms with Gasteiger partial charge in [-0.25, -0.2) is 4.39 Å². The van der Waals surface area contributed by atoms with Gasteiger partial charge >= 0.3 is 5.97 Å². The number of azide groups is 1. The maximum absolute atomic E-state index is 12.8. The molecule has 74 valence electrons. The SMILES string of the molecule is COC(=O)[C@@H](N)C[C@H](F)CN=[N+]=[N-]. The molecule has 0 bridgehead atoms. The van der Waals surface area contributed by atoms with Crippen molar-refractivity contribution in [3.05, 3.63) is 10.4 Å². The van der Waals surface area contributed by atoms with Gasteiger partial charge in [0.25, 0.3) is 0 Å². The van der Waals surface area contributed by atoms with Crippen molar-refractivity contribution in [1.82, 2.24) is 0 Å². The molecule has 13 heavy (non-hydrogen) atoms. The highest BCUT2D eigenvalue weighted by Crippen LogP contribution is 2.03. The average Bonchev–Trinajstić information content (AvgIpc) is 2.13. The van der Waals surface area contributed by atoms with E-state index in [0.717, 1.165) is 0 Å². The number of carbonyl (C=O) groups excluding carboxylic acids is 1. The van der Waals surface area contributed by atoms with Crippen molar-refractivity contribution in [2.24, 2.45) is 10.8 Å². The third kappa shape index (κ3) is 5.00. The highest BCUT2D eigenvalue weighted by molar-refractivity contribution is 5.75. The van der Waals surface area contributed by atoms with Gasteiger partial charge in [0.15, 0.2) is 0 Å². The standard InChI is InChI=1S/C6H11FN4O2/c1-13-6(12)5(8)2-4(7)3-10-11-9/h4-5H,2-3,8H2,1H3/t4-,5-/m0/s1. The molecule has 0 saturated heterocycles. The first kappa shape index (κ1) is 11.7. The lowest BCUT2D eigenvalue weighted by Crippen LogP contribution is -2.34. The van der Waals surface area contributed by atoms with Gasteiger partial charge < -0.3 is 10.5 Å². The molecule has 0 aromatic rings. The Balaban J connectivity index is 3.83. The number of carbonyl (C=O) groups is 1. The number of nitrogens with zero attached hydrogens (tertiary/aromatic N) is 3. The van der Waals surface area contributed by atoms with E-state index in [1.165, 1.54) is 7.11 Å². The van der Waals surface area contributed by atoms with Crippen LogP contribution in [0.5, 0.6) is 0 Å². The van der Waals surface area contributed by atoms with Crippen LogP contribution >= 0.6 is 0 Å². The highest BCUT2D eigenvalue weighted by atomic mass is 19.1. The number of hydrogen-bond donors (Lipinski definition) is 1. The van der Waals surface area contributed by atoms with Crippen LogP contribution in [0.1, 0.15) is 6.42 Å². The Morgan fingerprint density at radius 3 is 2.92 bits per heavy atom. The van der Waals surface area contributed by atoms with Crippen LogP contribution in [0.15, 0.2) is 5.11 Å². The van der Waals surface area contributed by atoms with Gasteiger partial charge in [-0.3, -0.25) is 4.79 Å². The summed E-state index contributed by atoms with van der Waals surface area (Å²) in [5, 5.41) is 3.01. The van der Waals surface area contributed by atoms with Crippen molar-refractivity contribution >= 4 is 5.97 Å². The minimum Gasteiger partial charge on any atom is -0.468 e. The maximum Gasteiger partial charge on any atom is 0.322 e. The molecule has 0 radical (unpaired) electrons. The molecule has 0 saturated carbocycles. The first-order valence-corrected chi connectivity index (χ1v) is 3.60. The van der Waals surface area contributed by atoms with Crippen molar-refractivity contribution in [1.29, 1.82) is 0 Å². The lowest BCUT2D eigenvalue weighted by molar-refractivity contribution is -0.142. The predicted octanol–water partition coefficient (Wildman–Crippen LogP) is 0.525. The Hall–Kier alpha value is -1.33. The van der Waals surface area contributed by atoms with Crippen LogP contribution in [0, 0.1) is 0 Å². The van der Waals surface area contributed by atoms with Gasteiger partial charge in [0.2, 0.25) is 0 Å².